The molecule has 1 aromatic rings. The molecule has 1 aliphatic carbocycles. The highest BCUT2D eigenvalue weighted by Gasteiger charge is 2.24. The van der Waals surface area contributed by atoms with Crippen molar-refractivity contribution in [2.45, 2.75) is 52.7 Å². The summed E-state index contributed by atoms with van der Waals surface area (Å²) in [6.07, 6.45) is 8.27. The number of rotatable bonds is 8. The van der Waals surface area contributed by atoms with Crippen LogP contribution in [0, 0.1) is 25.2 Å². The Morgan fingerprint density at radius 2 is 2.25 bits per heavy atom. The molecule has 0 aromatic carbocycles. The zero-order valence-corrected chi connectivity index (χ0v) is 13.7. The predicted octanol–water partition coefficient (Wildman–Crippen LogP) is 3.40. The van der Waals surface area contributed by atoms with Crippen molar-refractivity contribution in [1.82, 2.24) is 10.2 Å². The molecule has 0 bridgehead atoms. The van der Waals surface area contributed by atoms with Crippen LogP contribution in [0.4, 0.5) is 0 Å². The van der Waals surface area contributed by atoms with Gasteiger partial charge < -0.3 is 5.32 Å². The van der Waals surface area contributed by atoms with Crippen molar-refractivity contribution < 1.29 is 0 Å². The summed E-state index contributed by atoms with van der Waals surface area (Å²) in [5, 5.41) is 3.49. The summed E-state index contributed by atoms with van der Waals surface area (Å²) in [5.41, 5.74) is 1.45. The quantitative estimate of drug-likeness (QED) is 0.738. The van der Waals surface area contributed by atoms with E-state index in [4.69, 9.17) is 6.42 Å². The highest BCUT2D eigenvalue weighted by molar-refractivity contribution is 7.12. The number of aryl methyl sites for hydroxylation is 1. The highest BCUT2D eigenvalue weighted by Crippen LogP contribution is 2.31. The molecule has 0 unspecified atom stereocenters. The van der Waals surface area contributed by atoms with Gasteiger partial charge in [0.1, 0.15) is 0 Å². The van der Waals surface area contributed by atoms with Gasteiger partial charge in [0.05, 0.1) is 6.54 Å². The average Bonchev–Trinajstić information content (AvgIpc) is 3.12. The Hall–Kier alpha value is -0.820. The molecule has 0 aliphatic heterocycles. The van der Waals surface area contributed by atoms with Crippen LogP contribution in [0.1, 0.15) is 42.0 Å². The third kappa shape index (κ3) is 4.94. The van der Waals surface area contributed by atoms with Crippen molar-refractivity contribution in [2.24, 2.45) is 5.92 Å². The Morgan fingerprint density at radius 1 is 1.50 bits per heavy atom. The minimum Gasteiger partial charge on any atom is -0.310 e. The van der Waals surface area contributed by atoms with Crippen LogP contribution in [0.3, 0.4) is 0 Å². The van der Waals surface area contributed by atoms with Crippen LogP contribution in [0.2, 0.25) is 0 Å². The Bertz CT molecular complexity index is 466. The van der Waals surface area contributed by atoms with E-state index in [-0.39, 0.29) is 0 Å². The maximum Gasteiger partial charge on any atom is 0.0601 e. The number of hydrogen-bond acceptors (Lipinski definition) is 3. The predicted molar refractivity (Wildman–Crippen MR) is 87.9 cm³/mol. The topological polar surface area (TPSA) is 15.3 Å². The minimum absolute atomic E-state index is 0.536. The van der Waals surface area contributed by atoms with Crippen LogP contribution in [-0.2, 0) is 13.1 Å². The summed E-state index contributed by atoms with van der Waals surface area (Å²) >= 11 is 1.91. The van der Waals surface area contributed by atoms with Gasteiger partial charge in [-0.25, -0.2) is 0 Å². The molecule has 0 radical (unpaired) electrons. The fourth-order valence-electron chi connectivity index (χ4n) is 2.36. The normalized spacial score (nSPS) is 15.0. The van der Waals surface area contributed by atoms with E-state index in [1.54, 1.807) is 0 Å². The van der Waals surface area contributed by atoms with Gasteiger partial charge in [0.15, 0.2) is 0 Å². The minimum atomic E-state index is 0.536. The highest BCUT2D eigenvalue weighted by atomic mass is 32.1. The molecule has 1 fully saturated rings. The third-order valence-corrected chi connectivity index (χ3v) is 4.77. The lowest BCUT2D eigenvalue weighted by molar-refractivity contribution is 0.286. The molecule has 3 heteroatoms. The van der Waals surface area contributed by atoms with Crippen LogP contribution in [0.15, 0.2) is 6.07 Å². The van der Waals surface area contributed by atoms with E-state index in [1.165, 1.54) is 34.7 Å². The van der Waals surface area contributed by atoms with E-state index < -0.39 is 0 Å². The van der Waals surface area contributed by atoms with Crippen molar-refractivity contribution in [3.63, 3.8) is 0 Å². The monoisotopic (exact) mass is 290 g/mol. The number of nitrogens with zero attached hydrogens (tertiary/aromatic N) is 1. The van der Waals surface area contributed by atoms with Gasteiger partial charge in [-0.3, -0.25) is 4.90 Å². The molecule has 110 valence electrons. The SMILES string of the molecule is C#CCN(Cc1cc(CNC(C)C)sc1C)CC1CC1. The van der Waals surface area contributed by atoms with Crippen LogP contribution >= 0.6 is 11.3 Å². The van der Waals surface area contributed by atoms with Crippen LogP contribution in [0.25, 0.3) is 0 Å². The lowest BCUT2D eigenvalue weighted by atomic mass is 10.2. The van der Waals surface area contributed by atoms with E-state index in [1.807, 2.05) is 11.3 Å². The van der Waals surface area contributed by atoms with Gasteiger partial charge in [-0.15, -0.1) is 17.8 Å². The molecule has 1 aromatic heterocycles. The van der Waals surface area contributed by atoms with Crippen LogP contribution in [-0.4, -0.2) is 24.0 Å². The van der Waals surface area contributed by atoms with Crippen molar-refractivity contribution >= 4 is 11.3 Å². The zero-order chi connectivity index (χ0) is 14.5. The fraction of sp³-hybridized carbons (Fsp3) is 0.647. The van der Waals surface area contributed by atoms with Crippen molar-refractivity contribution in [3.05, 3.63) is 21.4 Å². The molecule has 0 atom stereocenters. The van der Waals surface area contributed by atoms with Gasteiger partial charge in [0.2, 0.25) is 0 Å². The summed E-state index contributed by atoms with van der Waals surface area (Å²) in [4.78, 5) is 5.29. The summed E-state index contributed by atoms with van der Waals surface area (Å²) in [7, 11) is 0. The first-order valence-electron chi connectivity index (χ1n) is 7.56. The summed E-state index contributed by atoms with van der Waals surface area (Å²) in [6, 6.07) is 2.89. The average molecular weight is 290 g/mol. The Kier molecular flexibility index (Phi) is 5.65. The second-order valence-electron chi connectivity index (χ2n) is 6.15. The van der Waals surface area contributed by atoms with Gasteiger partial charge in [0.25, 0.3) is 0 Å². The maximum atomic E-state index is 5.50. The second-order valence-corrected chi connectivity index (χ2v) is 7.49. The molecule has 0 amide bonds. The molecule has 1 heterocycles. The molecule has 2 rings (SSSR count). The number of terminal acetylenes is 1. The first-order valence-corrected chi connectivity index (χ1v) is 8.37. The Morgan fingerprint density at radius 3 is 2.85 bits per heavy atom. The van der Waals surface area contributed by atoms with Crippen molar-refractivity contribution in [1.29, 1.82) is 0 Å². The van der Waals surface area contributed by atoms with Gasteiger partial charge in [0, 0.05) is 35.4 Å². The molecule has 20 heavy (non-hydrogen) atoms. The van der Waals surface area contributed by atoms with Gasteiger partial charge in [-0.1, -0.05) is 19.8 Å². The second kappa shape index (κ2) is 7.26. The van der Waals surface area contributed by atoms with E-state index >= 15 is 0 Å². The van der Waals surface area contributed by atoms with Crippen LogP contribution in [0.5, 0.6) is 0 Å². The van der Waals surface area contributed by atoms with Gasteiger partial charge in [-0.05, 0) is 37.3 Å². The smallest absolute Gasteiger partial charge is 0.0601 e. The molecule has 1 N–H and O–H groups in total. The van der Waals surface area contributed by atoms with E-state index in [2.05, 4.69) is 43.0 Å². The summed E-state index contributed by atoms with van der Waals surface area (Å²) < 4.78 is 0. The molecular formula is C17H26N2S. The first kappa shape index (κ1) is 15.6. The molecule has 0 spiro atoms. The van der Waals surface area contributed by atoms with Crippen molar-refractivity contribution in [2.75, 3.05) is 13.1 Å². The van der Waals surface area contributed by atoms with E-state index in [9.17, 15) is 0 Å². The maximum absolute atomic E-state index is 5.50. The molecule has 2 nitrogen and oxygen atoms in total. The molecule has 1 aliphatic rings. The lowest BCUT2D eigenvalue weighted by Gasteiger charge is -2.19. The Labute approximate surface area is 127 Å². The lowest BCUT2D eigenvalue weighted by Crippen LogP contribution is -2.26. The number of nitrogens with one attached hydrogen (secondary N) is 1. The van der Waals surface area contributed by atoms with Gasteiger partial charge in [-0.2, -0.15) is 0 Å². The third-order valence-electron chi connectivity index (χ3n) is 3.68. The summed E-state index contributed by atoms with van der Waals surface area (Å²) in [5.74, 6) is 3.70. The summed E-state index contributed by atoms with van der Waals surface area (Å²) in [6.45, 7) is 10.5. The van der Waals surface area contributed by atoms with E-state index in [0.29, 0.717) is 6.04 Å². The zero-order valence-electron chi connectivity index (χ0n) is 12.9. The fourth-order valence-corrected chi connectivity index (χ4v) is 3.36. The first-order chi connectivity index (χ1) is 9.58. The molecular weight excluding hydrogens is 264 g/mol. The number of hydrogen-bond donors (Lipinski definition) is 1. The number of thiophene rings is 1. The van der Waals surface area contributed by atoms with E-state index in [0.717, 1.165) is 25.6 Å². The van der Waals surface area contributed by atoms with Crippen LogP contribution < -0.4 is 5.32 Å². The van der Waals surface area contributed by atoms with Crippen molar-refractivity contribution in [3.8, 4) is 12.3 Å². The molecule has 1 saturated carbocycles. The Balaban J connectivity index is 1.94. The molecule has 0 saturated heterocycles. The van der Waals surface area contributed by atoms with Gasteiger partial charge >= 0.3 is 0 Å². The standard InChI is InChI=1S/C17H26N2S/c1-5-8-19(11-15-6-7-15)12-16-9-17(20-14(16)4)10-18-13(2)3/h1,9,13,15,18H,6-8,10-12H2,2-4H3. The largest absolute Gasteiger partial charge is 0.310 e.